The minimum Gasteiger partial charge on any atom is -0.481 e. The van der Waals surface area contributed by atoms with Gasteiger partial charge in [-0.2, -0.15) is 0 Å². The molecule has 5 unspecified atom stereocenters. The normalized spacial score (nSPS) is 33.0. The van der Waals surface area contributed by atoms with Gasteiger partial charge in [0.1, 0.15) is 0 Å². The minimum atomic E-state index is -0.764. The molecule has 1 aliphatic heterocycles. The first-order valence-electron chi connectivity index (χ1n) is 13.6. The topological polar surface area (TPSA) is 69.6 Å². The van der Waals surface area contributed by atoms with E-state index in [2.05, 4.69) is 57.4 Å². The fourth-order valence-electron chi connectivity index (χ4n) is 6.66. The van der Waals surface area contributed by atoms with Crippen molar-refractivity contribution in [2.45, 2.75) is 104 Å². The monoisotopic (exact) mass is 514 g/mol. The molecule has 0 radical (unpaired) electrons. The van der Waals surface area contributed by atoms with E-state index in [1.165, 1.54) is 16.7 Å². The second-order valence-corrected chi connectivity index (χ2v) is 13.6. The number of carboxylic acids is 1. The van der Waals surface area contributed by atoms with Gasteiger partial charge in [0.15, 0.2) is 0 Å². The molecule has 6 atom stereocenters. The molecular weight excluding hydrogens is 472 g/mol. The lowest BCUT2D eigenvalue weighted by atomic mass is 9.83. The Kier molecular flexibility index (Phi) is 7.54. The number of rotatable bonds is 5. The molecule has 1 aromatic rings. The molecule has 3 aliphatic rings. The summed E-state index contributed by atoms with van der Waals surface area (Å²) in [6.45, 7) is 13.1. The zero-order chi connectivity index (χ0) is 26.4. The van der Waals surface area contributed by atoms with Crippen molar-refractivity contribution >= 4 is 23.6 Å². The highest BCUT2D eigenvalue weighted by molar-refractivity contribution is 6.31. The van der Waals surface area contributed by atoms with E-state index in [1.54, 1.807) is 0 Å². The average Bonchev–Trinajstić information content (AvgIpc) is 2.99. The van der Waals surface area contributed by atoms with E-state index in [-0.39, 0.29) is 29.3 Å². The lowest BCUT2D eigenvalue weighted by Crippen LogP contribution is -2.56. The number of aryl methyl sites for hydroxylation is 1. The molecule has 6 heteroatoms. The predicted molar refractivity (Wildman–Crippen MR) is 145 cm³/mol. The zero-order valence-electron chi connectivity index (χ0n) is 22.7. The Balaban J connectivity index is 1.61. The number of halogens is 1. The Hall–Kier alpha value is -2.01. The molecule has 2 saturated carbocycles. The minimum absolute atomic E-state index is 0.0381. The highest BCUT2D eigenvalue weighted by Gasteiger charge is 2.50. The SMILES string of the molecule is CC1CCC(c2ccc(CCC(C)(C)C)c(Cl)c2)C2NC(=O)N(C3(C)CC(C)[C@@H](C(=O)O)C3)C=C2C1. The summed E-state index contributed by atoms with van der Waals surface area (Å²) in [5.74, 6) is -0.456. The van der Waals surface area contributed by atoms with Crippen molar-refractivity contribution in [3.05, 3.63) is 46.1 Å². The summed E-state index contributed by atoms with van der Waals surface area (Å²) in [5, 5.41) is 13.8. The maximum atomic E-state index is 13.5. The van der Waals surface area contributed by atoms with Crippen LogP contribution in [0, 0.1) is 23.2 Å². The quantitative estimate of drug-likeness (QED) is 0.430. The Morgan fingerprint density at radius 1 is 1.22 bits per heavy atom. The number of carbonyl (C=O) groups excluding carboxylic acids is 1. The number of nitrogens with one attached hydrogen (secondary N) is 1. The third kappa shape index (κ3) is 5.61. The molecule has 2 amide bonds. The van der Waals surface area contributed by atoms with Crippen LogP contribution in [-0.2, 0) is 11.2 Å². The second-order valence-electron chi connectivity index (χ2n) is 13.2. The van der Waals surface area contributed by atoms with Gasteiger partial charge in [0.2, 0.25) is 0 Å². The van der Waals surface area contributed by atoms with Gasteiger partial charge in [-0.15, -0.1) is 0 Å². The fourth-order valence-corrected chi connectivity index (χ4v) is 6.95. The van der Waals surface area contributed by atoms with Crippen LogP contribution >= 0.6 is 11.6 Å². The third-order valence-electron chi connectivity index (χ3n) is 8.81. The molecule has 1 heterocycles. The van der Waals surface area contributed by atoms with Crippen LogP contribution in [0.3, 0.4) is 0 Å². The molecule has 5 nitrogen and oxygen atoms in total. The molecule has 1 aromatic carbocycles. The van der Waals surface area contributed by atoms with E-state index in [4.69, 9.17) is 11.6 Å². The highest BCUT2D eigenvalue weighted by Crippen LogP contribution is 2.46. The van der Waals surface area contributed by atoms with Crippen molar-refractivity contribution in [3.63, 3.8) is 0 Å². The maximum absolute atomic E-state index is 13.5. The molecular formula is C30H43ClN2O3. The molecule has 0 spiro atoms. The van der Waals surface area contributed by atoms with Gasteiger partial charge < -0.3 is 10.4 Å². The standard InChI is InChI=1S/C30H43ClN2O3/c1-18-7-10-23(21-9-8-20(25(31)14-21)11-12-29(3,4)5)26-22(13-18)17-33(28(36)32-26)30(6)15-19(2)24(16-30)27(34)35/h8-9,14,17-19,23-24,26H,7,10-13,15-16H2,1-6H3,(H,32,36)(H,34,35)/t18?,19?,23?,24-,26?,30?/m0/s1. The van der Waals surface area contributed by atoms with Gasteiger partial charge in [-0.05, 0) is 91.9 Å². The van der Waals surface area contributed by atoms with Crippen molar-refractivity contribution < 1.29 is 14.7 Å². The first-order chi connectivity index (χ1) is 16.8. The molecule has 2 N–H and O–H groups in total. The van der Waals surface area contributed by atoms with E-state index < -0.39 is 17.4 Å². The van der Waals surface area contributed by atoms with E-state index in [0.29, 0.717) is 18.8 Å². The van der Waals surface area contributed by atoms with Crippen molar-refractivity contribution in [1.82, 2.24) is 10.2 Å². The number of nitrogens with zero attached hydrogens (tertiary/aromatic N) is 1. The highest BCUT2D eigenvalue weighted by atomic mass is 35.5. The fraction of sp³-hybridized carbons (Fsp3) is 0.667. The molecule has 198 valence electrons. The van der Waals surface area contributed by atoms with E-state index >= 15 is 0 Å². The first kappa shape index (κ1) is 27.0. The van der Waals surface area contributed by atoms with Gasteiger partial charge >= 0.3 is 12.0 Å². The summed E-state index contributed by atoms with van der Waals surface area (Å²) in [6.07, 6.45) is 8.29. The Bertz CT molecular complexity index is 1050. The number of benzene rings is 1. The molecule has 2 fully saturated rings. The van der Waals surface area contributed by atoms with Gasteiger partial charge in [-0.3, -0.25) is 9.69 Å². The van der Waals surface area contributed by atoms with Crippen molar-refractivity contribution in [1.29, 1.82) is 0 Å². The lowest BCUT2D eigenvalue weighted by Gasteiger charge is -2.43. The first-order valence-corrected chi connectivity index (χ1v) is 14.0. The van der Waals surface area contributed by atoms with Crippen molar-refractivity contribution in [2.24, 2.45) is 23.2 Å². The van der Waals surface area contributed by atoms with E-state index in [1.807, 2.05) is 18.7 Å². The maximum Gasteiger partial charge on any atom is 0.322 e. The molecule has 36 heavy (non-hydrogen) atoms. The molecule has 0 aromatic heterocycles. The largest absolute Gasteiger partial charge is 0.481 e. The Labute approximate surface area is 221 Å². The number of urea groups is 1. The predicted octanol–water partition coefficient (Wildman–Crippen LogP) is 7.39. The van der Waals surface area contributed by atoms with Crippen molar-refractivity contribution in [3.8, 4) is 0 Å². The smallest absolute Gasteiger partial charge is 0.322 e. The second kappa shape index (κ2) is 10.0. The van der Waals surface area contributed by atoms with Crippen LogP contribution in [0.15, 0.2) is 30.0 Å². The molecule has 0 saturated heterocycles. The van der Waals surface area contributed by atoms with Crippen LogP contribution in [0.1, 0.15) is 97.1 Å². The van der Waals surface area contributed by atoms with Crippen LogP contribution in [0.25, 0.3) is 0 Å². The van der Waals surface area contributed by atoms with E-state index in [9.17, 15) is 14.7 Å². The Morgan fingerprint density at radius 3 is 2.56 bits per heavy atom. The van der Waals surface area contributed by atoms with Gasteiger partial charge in [0, 0.05) is 22.7 Å². The summed E-state index contributed by atoms with van der Waals surface area (Å²) in [7, 11) is 0. The summed E-state index contributed by atoms with van der Waals surface area (Å²) >= 11 is 6.77. The zero-order valence-corrected chi connectivity index (χ0v) is 23.5. The number of hydrogen-bond donors (Lipinski definition) is 2. The van der Waals surface area contributed by atoms with E-state index in [0.717, 1.165) is 37.1 Å². The van der Waals surface area contributed by atoms with Crippen LogP contribution in [0.2, 0.25) is 5.02 Å². The van der Waals surface area contributed by atoms with Crippen LogP contribution in [0.4, 0.5) is 4.79 Å². The van der Waals surface area contributed by atoms with Gasteiger partial charge in [0.05, 0.1) is 12.0 Å². The number of hydrogen-bond acceptors (Lipinski definition) is 2. The number of amides is 2. The number of fused-ring (bicyclic) bond motifs is 1. The molecule has 4 rings (SSSR count). The number of aliphatic carboxylic acids is 1. The van der Waals surface area contributed by atoms with Gasteiger partial charge in [-0.1, -0.05) is 58.4 Å². The van der Waals surface area contributed by atoms with Crippen LogP contribution < -0.4 is 5.32 Å². The third-order valence-corrected chi connectivity index (χ3v) is 9.16. The number of carbonyl (C=O) groups is 2. The summed E-state index contributed by atoms with van der Waals surface area (Å²) in [5.41, 5.74) is 3.38. The average molecular weight is 515 g/mol. The van der Waals surface area contributed by atoms with Gasteiger partial charge in [0.25, 0.3) is 0 Å². The Morgan fingerprint density at radius 2 is 1.94 bits per heavy atom. The molecule has 2 aliphatic carbocycles. The van der Waals surface area contributed by atoms with Gasteiger partial charge in [-0.25, -0.2) is 4.79 Å². The lowest BCUT2D eigenvalue weighted by molar-refractivity contribution is -0.142. The van der Waals surface area contributed by atoms with Crippen molar-refractivity contribution in [2.75, 3.05) is 0 Å². The number of carboxylic acid groups (broad SMARTS) is 1. The summed E-state index contributed by atoms with van der Waals surface area (Å²) in [6, 6.07) is 6.32. The molecule has 0 bridgehead atoms. The van der Waals surface area contributed by atoms with Crippen LogP contribution in [0.5, 0.6) is 0 Å². The van der Waals surface area contributed by atoms with Crippen LogP contribution in [-0.4, -0.2) is 33.6 Å². The summed E-state index contributed by atoms with van der Waals surface area (Å²) in [4.78, 5) is 27.1. The summed E-state index contributed by atoms with van der Waals surface area (Å²) < 4.78 is 0.